The molecule has 1 saturated heterocycles. The maximum atomic E-state index is 12.4. The molecule has 0 saturated carbocycles. The first-order valence-corrected chi connectivity index (χ1v) is 10.1. The number of ether oxygens (including phenoxy) is 1. The minimum atomic E-state index is -0.237. The lowest BCUT2D eigenvalue weighted by molar-refractivity contribution is -0.143. The van der Waals surface area contributed by atoms with Crippen molar-refractivity contribution in [2.75, 3.05) is 12.3 Å². The first-order valence-electron chi connectivity index (χ1n) is 8.28. The number of benzene rings is 1. The third-order valence-corrected chi connectivity index (χ3v) is 5.92. The number of rotatable bonds is 4. The van der Waals surface area contributed by atoms with Crippen molar-refractivity contribution in [1.29, 1.82) is 0 Å². The Bertz CT molecular complexity index is 740. The van der Waals surface area contributed by atoms with Crippen LogP contribution in [0.2, 0.25) is 0 Å². The summed E-state index contributed by atoms with van der Waals surface area (Å²) in [5.74, 6) is 0.579. The van der Waals surface area contributed by atoms with Crippen LogP contribution >= 0.6 is 23.5 Å². The molecule has 2 aliphatic heterocycles. The average Bonchev–Trinajstić information content (AvgIpc) is 3.06. The Kier molecular flexibility index (Phi) is 5.59. The minimum Gasteiger partial charge on any atom is -0.460 e. The molecule has 25 heavy (non-hydrogen) atoms. The van der Waals surface area contributed by atoms with Crippen molar-refractivity contribution in [1.82, 2.24) is 4.90 Å². The summed E-state index contributed by atoms with van der Waals surface area (Å²) in [5, 5.41) is 0.954. The van der Waals surface area contributed by atoms with E-state index in [0.29, 0.717) is 5.75 Å². The molecule has 132 valence electrons. The second-order valence-electron chi connectivity index (χ2n) is 6.34. The molecule has 1 unspecified atom stereocenters. The highest BCUT2D eigenvalue weighted by Crippen LogP contribution is 2.45. The van der Waals surface area contributed by atoms with Gasteiger partial charge >= 0.3 is 5.97 Å². The van der Waals surface area contributed by atoms with Crippen LogP contribution in [-0.2, 0) is 14.3 Å². The smallest absolute Gasteiger partial charge is 0.337 e. The summed E-state index contributed by atoms with van der Waals surface area (Å²) in [6.45, 7) is 6.46. The van der Waals surface area contributed by atoms with Gasteiger partial charge in [-0.2, -0.15) is 0 Å². The summed E-state index contributed by atoms with van der Waals surface area (Å²) in [5.41, 5.74) is 1.71. The largest absolute Gasteiger partial charge is 0.460 e. The number of fused-ring (bicyclic) bond motifs is 1. The highest BCUT2D eigenvalue weighted by molar-refractivity contribution is 8.14. The van der Waals surface area contributed by atoms with E-state index in [4.69, 9.17) is 4.74 Å². The Labute approximate surface area is 156 Å². The van der Waals surface area contributed by atoms with Gasteiger partial charge in [-0.05, 0) is 37.7 Å². The number of carbonyl (C=O) groups excluding carboxylic acids is 2. The molecule has 2 heterocycles. The van der Waals surface area contributed by atoms with Crippen LogP contribution in [0, 0.1) is 5.92 Å². The lowest BCUT2D eigenvalue weighted by Crippen LogP contribution is -2.19. The fourth-order valence-electron chi connectivity index (χ4n) is 2.88. The maximum absolute atomic E-state index is 12.4. The van der Waals surface area contributed by atoms with Crippen LogP contribution in [0.1, 0.15) is 20.8 Å². The van der Waals surface area contributed by atoms with Gasteiger partial charge in [0, 0.05) is 34.9 Å². The van der Waals surface area contributed by atoms with E-state index in [1.807, 2.05) is 51.1 Å². The predicted octanol–water partition coefficient (Wildman–Crippen LogP) is 4.05. The molecule has 2 aliphatic rings. The molecule has 1 fully saturated rings. The summed E-state index contributed by atoms with van der Waals surface area (Å²) in [6, 6.07) is 9.62. The van der Waals surface area contributed by atoms with Crippen LogP contribution in [-0.4, -0.2) is 34.4 Å². The van der Waals surface area contributed by atoms with Crippen molar-refractivity contribution in [3.05, 3.63) is 52.7 Å². The van der Waals surface area contributed by atoms with Crippen LogP contribution in [0.3, 0.4) is 0 Å². The van der Waals surface area contributed by atoms with Gasteiger partial charge in [-0.1, -0.05) is 25.1 Å². The number of nitrogens with zero attached hydrogens (tertiary/aromatic N) is 1. The van der Waals surface area contributed by atoms with E-state index >= 15 is 0 Å². The highest BCUT2D eigenvalue weighted by Gasteiger charge is 2.39. The average molecular weight is 376 g/mol. The predicted molar refractivity (Wildman–Crippen MR) is 102 cm³/mol. The number of hydrogen-bond donors (Lipinski definition) is 0. The Morgan fingerprint density at radius 1 is 1.32 bits per heavy atom. The van der Waals surface area contributed by atoms with E-state index in [9.17, 15) is 9.59 Å². The topological polar surface area (TPSA) is 46.6 Å². The van der Waals surface area contributed by atoms with Crippen molar-refractivity contribution in [3.8, 4) is 0 Å². The molecule has 1 aromatic rings. The van der Waals surface area contributed by atoms with Gasteiger partial charge in [0.25, 0.3) is 0 Å². The fourth-order valence-corrected chi connectivity index (χ4v) is 4.92. The molecule has 1 atom stereocenters. The Hall–Kier alpha value is -1.66. The van der Waals surface area contributed by atoms with Crippen molar-refractivity contribution in [2.45, 2.75) is 31.8 Å². The van der Waals surface area contributed by atoms with Crippen molar-refractivity contribution < 1.29 is 14.3 Å². The quantitative estimate of drug-likeness (QED) is 0.449. The molecular weight excluding hydrogens is 354 g/mol. The molecule has 0 amide bonds. The third-order valence-electron chi connectivity index (χ3n) is 3.94. The molecule has 3 rings (SSSR count). The zero-order chi connectivity index (χ0) is 18.0. The zero-order valence-electron chi connectivity index (χ0n) is 14.5. The van der Waals surface area contributed by atoms with Gasteiger partial charge < -0.3 is 9.64 Å². The maximum Gasteiger partial charge on any atom is 0.337 e. The molecule has 4 nitrogen and oxygen atoms in total. The van der Waals surface area contributed by atoms with Gasteiger partial charge in [-0.25, -0.2) is 4.79 Å². The summed E-state index contributed by atoms with van der Waals surface area (Å²) < 4.78 is 5.38. The van der Waals surface area contributed by atoms with E-state index in [1.54, 1.807) is 17.8 Å². The van der Waals surface area contributed by atoms with Gasteiger partial charge in [-0.15, -0.1) is 11.8 Å². The second-order valence-corrected chi connectivity index (χ2v) is 8.38. The summed E-state index contributed by atoms with van der Waals surface area (Å²) in [7, 11) is 0. The molecule has 0 spiro atoms. The normalized spacial score (nSPS) is 21.2. The molecule has 1 aromatic carbocycles. The SMILES string of the molecule is CC(C)OC(=O)C1=C2SCC(=CC(=O)Sc3ccccc3)N2CC1C. The van der Waals surface area contributed by atoms with Crippen LogP contribution in [0.5, 0.6) is 0 Å². The van der Waals surface area contributed by atoms with Crippen LogP contribution in [0.4, 0.5) is 0 Å². The summed E-state index contributed by atoms with van der Waals surface area (Å²) in [6.07, 6.45) is 1.56. The third kappa shape index (κ3) is 4.12. The van der Waals surface area contributed by atoms with Crippen molar-refractivity contribution in [3.63, 3.8) is 0 Å². The summed E-state index contributed by atoms with van der Waals surface area (Å²) in [4.78, 5) is 27.7. The first kappa shape index (κ1) is 18.1. The Morgan fingerprint density at radius 2 is 2.04 bits per heavy atom. The van der Waals surface area contributed by atoms with Gasteiger partial charge in [0.05, 0.1) is 16.7 Å². The molecule has 0 aliphatic carbocycles. The number of esters is 1. The van der Waals surface area contributed by atoms with Crippen LogP contribution < -0.4 is 0 Å². The van der Waals surface area contributed by atoms with E-state index < -0.39 is 0 Å². The van der Waals surface area contributed by atoms with Crippen LogP contribution in [0.15, 0.2) is 57.6 Å². The molecule has 0 radical (unpaired) electrons. The zero-order valence-corrected chi connectivity index (χ0v) is 16.2. The number of hydrogen-bond acceptors (Lipinski definition) is 6. The molecule has 0 aromatic heterocycles. The monoisotopic (exact) mass is 375 g/mol. The van der Waals surface area contributed by atoms with Gasteiger partial charge in [0.1, 0.15) is 0 Å². The molecule has 0 N–H and O–H groups in total. The lowest BCUT2D eigenvalue weighted by atomic mass is 10.1. The fraction of sp³-hybridized carbons (Fsp3) is 0.368. The molecule has 0 bridgehead atoms. The minimum absolute atomic E-state index is 0.00825. The van der Waals surface area contributed by atoms with Crippen molar-refractivity contribution in [2.24, 2.45) is 5.92 Å². The first-order chi connectivity index (χ1) is 12.0. The van der Waals surface area contributed by atoms with E-state index in [2.05, 4.69) is 4.90 Å². The lowest BCUT2D eigenvalue weighted by Gasteiger charge is -2.15. The molecule has 6 heteroatoms. The second kappa shape index (κ2) is 7.70. The Morgan fingerprint density at radius 3 is 2.72 bits per heavy atom. The van der Waals surface area contributed by atoms with E-state index in [0.717, 1.165) is 27.7 Å². The van der Waals surface area contributed by atoms with E-state index in [1.165, 1.54) is 11.8 Å². The van der Waals surface area contributed by atoms with Gasteiger partial charge in [-0.3, -0.25) is 4.79 Å². The highest BCUT2D eigenvalue weighted by atomic mass is 32.2. The van der Waals surface area contributed by atoms with Crippen molar-refractivity contribution >= 4 is 34.6 Å². The summed E-state index contributed by atoms with van der Waals surface area (Å²) >= 11 is 2.83. The van der Waals surface area contributed by atoms with Gasteiger partial charge in [0.15, 0.2) is 0 Å². The van der Waals surface area contributed by atoms with Gasteiger partial charge in [0.2, 0.25) is 5.12 Å². The molecular formula is C19H21NO3S2. The number of carbonyl (C=O) groups is 2. The Balaban J connectivity index is 1.75. The standard InChI is InChI=1S/C19H21NO3S2/c1-12(2)23-19(22)17-13(3)10-20-14(11-24-18(17)20)9-16(21)25-15-7-5-4-6-8-15/h4-9,12-13H,10-11H2,1-3H3. The number of thioether (sulfide) groups is 2. The van der Waals surface area contributed by atoms with E-state index in [-0.39, 0.29) is 23.1 Å². The van der Waals surface area contributed by atoms with Crippen LogP contribution in [0.25, 0.3) is 0 Å².